The molecule has 0 aliphatic carbocycles. The van der Waals surface area contributed by atoms with Gasteiger partial charge in [0.15, 0.2) is 11.5 Å². The highest BCUT2D eigenvalue weighted by atomic mass is 32.2. The van der Waals surface area contributed by atoms with Gasteiger partial charge < -0.3 is 14.2 Å². The van der Waals surface area contributed by atoms with Crippen LogP contribution in [-0.2, 0) is 14.8 Å². The number of ether oxygens (including phenoxy) is 3. The van der Waals surface area contributed by atoms with Crippen LogP contribution in [0.15, 0.2) is 82.8 Å². The number of amides is 1. The lowest BCUT2D eigenvalue weighted by molar-refractivity contribution is -0.119. The fourth-order valence-electron chi connectivity index (χ4n) is 3.61. The van der Waals surface area contributed by atoms with E-state index in [0.29, 0.717) is 42.8 Å². The van der Waals surface area contributed by atoms with Gasteiger partial charge in [0.25, 0.3) is 15.9 Å². The topological polar surface area (TPSA) is 107 Å². The molecule has 0 bridgehead atoms. The summed E-state index contributed by atoms with van der Waals surface area (Å²) in [7, 11) is -4.08. The number of rotatable bonds is 9. The molecule has 1 aliphatic heterocycles. The third kappa shape index (κ3) is 5.60. The van der Waals surface area contributed by atoms with Crippen molar-refractivity contribution in [2.24, 2.45) is 5.10 Å². The number of para-hydroxylation sites is 2. The van der Waals surface area contributed by atoms with Crippen molar-refractivity contribution in [2.45, 2.75) is 18.7 Å². The van der Waals surface area contributed by atoms with Crippen molar-refractivity contribution in [3.8, 4) is 17.2 Å². The zero-order valence-electron chi connectivity index (χ0n) is 20.0. The quantitative estimate of drug-likeness (QED) is 0.349. The zero-order valence-corrected chi connectivity index (χ0v) is 20.8. The number of hydrogen-bond donors (Lipinski definition) is 1. The summed E-state index contributed by atoms with van der Waals surface area (Å²) >= 11 is 0. The molecular formula is C26H27N3O6S. The van der Waals surface area contributed by atoms with Gasteiger partial charge in [-0.15, -0.1) is 0 Å². The Morgan fingerprint density at radius 2 is 1.69 bits per heavy atom. The molecule has 36 heavy (non-hydrogen) atoms. The average Bonchev–Trinajstić information content (AvgIpc) is 2.91. The van der Waals surface area contributed by atoms with Crippen LogP contribution in [-0.4, -0.2) is 46.4 Å². The Hall–Kier alpha value is -4.05. The molecule has 0 radical (unpaired) electrons. The van der Waals surface area contributed by atoms with E-state index in [0.717, 1.165) is 9.87 Å². The summed E-state index contributed by atoms with van der Waals surface area (Å²) in [6.45, 7) is 4.31. The Kier molecular flexibility index (Phi) is 7.74. The van der Waals surface area contributed by atoms with Crippen molar-refractivity contribution >= 4 is 27.3 Å². The molecule has 1 N–H and O–H groups in total. The molecule has 9 nitrogen and oxygen atoms in total. The fraction of sp³-hybridized carbons (Fsp3) is 0.231. The highest BCUT2D eigenvalue weighted by Crippen LogP contribution is 2.33. The maximum Gasteiger partial charge on any atom is 0.264 e. The summed E-state index contributed by atoms with van der Waals surface area (Å²) in [6, 6.07) is 20.0. The fourth-order valence-corrected chi connectivity index (χ4v) is 5.06. The standard InChI is InChI=1S/C26H27N3O6S/c1-3-33-23-12-8-7-11-22(23)29(36(31,32)21-9-5-4-6-10-21)18-26(30)28-27-19(2)20-13-14-24-25(17-20)35-16-15-34-24/h4-14,17H,3,15-16,18H2,1-2H3,(H,28,30)/b27-19+. The second-order valence-corrected chi connectivity index (χ2v) is 9.68. The van der Waals surface area contributed by atoms with Crippen LogP contribution in [0.3, 0.4) is 0 Å². The van der Waals surface area contributed by atoms with E-state index < -0.39 is 22.5 Å². The van der Waals surface area contributed by atoms with Gasteiger partial charge in [-0.1, -0.05) is 30.3 Å². The van der Waals surface area contributed by atoms with Crippen LogP contribution in [0.1, 0.15) is 19.4 Å². The first-order chi connectivity index (χ1) is 17.4. The summed E-state index contributed by atoms with van der Waals surface area (Å²) in [4.78, 5) is 13.0. The van der Waals surface area contributed by atoms with Crippen LogP contribution in [0.25, 0.3) is 0 Å². The summed E-state index contributed by atoms with van der Waals surface area (Å²) in [5, 5.41) is 4.17. The number of hydrazone groups is 1. The van der Waals surface area contributed by atoms with Gasteiger partial charge in [0.1, 0.15) is 25.5 Å². The van der Waals surface area contributed by atoms with Crippen LogP contribution in [0.5, 0.6) is 17.2 Å². The van der Waals surface area contributed by atoms with E-state index in [1.54, 1.807) is 68.4 Å². The Morgan fingerprint density at radius 3 is 2.44 bits per heavy atom. The summed E-state index contributed by atoms with van der Waals surface area (Å²) in [5.74, 6) is 0.991. The van der Waals surface area contributed by atoms with Gasteiger partial charge in [0.05, 0.1) is 22.9 Å². The van der Waals surface area contributed by atoms with Crippen molar-refractivity contribution in [1.82, 2.24) is 5.43 Å². The van der Waals surface area contributed by atoms with E-state index in [2.05, 4.69) is 10.5 Å². The maximum absolute atomic E-state index is 13.5. The number of carbonyl (C=O) groups excluding carboxylic acids is 1. The van der Waals surface area contributed by atoms with E-state index in [4.69, 9.17) is 14.2 Å². The molecule has 1 aliphatic rings. The molecule has 0 unspecified atom stereocenters. The molecule has 1 heterocycles. The number of benzene rings is 3. The summed E-state index contributed by atoms with van der Waals surface area (Å²) < 4.78 is 44.9. The molecule has 0 aromatic heterocycles. The minimum Gasteiger partial charge on any atom is -0.492 e. The highest BCUT2D eigenvalue weighted by molar-refractivity contribution is 7.92. The largest absolute Gasteiger partial charge is 0.492 e. The zero-order chi connectivity index (χ0) is 25.5. The second kappa shape index (κ2) is 11.1. The van der Waals surface area contributed by atoms with Crippen molar-refractivity contribution in [3.05, 3.63) is 78.4 Å². The lowest BCUT2D eigenvalue weighted by atomic mass is 10.1. The van der Waals surface area contributed by atoms with E-state index >= 15 is 0 Å². The van der Waals surface area contributed by atoms with Crippen LogP contribution >= 0.6 is 0 Å². The molecule has 0 atom stereocenters. The third-order valence-corrected chi connectivity index (χ3v) is 7.13. The molecular weight excluding hydrogens is 482 g/mol. The van der Waals surface area contributed by atoms with E-state index in [1.807, 2.05) is 6.07 Å². The van der Waals surface area contributed by atoms with Gasteiger partial charge >= 0.3 is 0 Å². The van der Waals surface area contributed by atoms with E-state index in [-0.39, 0.29) is 10.6 Å². The average molecular weight is 510 g/mol. The number of hydrogen-bond acceptors (Lipinski definition) is 7. The predicted molar refractivity (Wildman–Crippen MR) is 136 cm³/mol. The van der Waals surface area contributed by atoms with E-state index in [9.17, 15) is 13.2 Å². The smallest absolute Gasteiger partial charge is 0.264 e. The number of anilines is 1. The van der Waals surface area contributed by atoms with Gasteiger partial charge in [0.2, 0.25) is 0 Å². The Morgan fingerprint density at radius 1 is 1.00 bits per heavy atom. The predicted octanol–water partition coefficient (Wildman–Crippen LogP) is 3.59. The van der Waals surface area contributed by atoms with Crippen LogP contribution < -0.4 is 23.9 Å². The van der Waals surface area contributed by atoms with Crippen molar-refractivity contribution in [2.75, 3.05) is 30.7 Å². The Balaban J connectivity index is 1.59. The first kappa shape index (κ1) is 25.1. The molecule has 4 rings (SSSR count). The summed E-state index contributed by atoms with van der Waals surface area (Å²) in [6.07, 6.45) is 0. The first-order valence-corrected chi connectivity index (χ1v) is 12.9. The molecule has 188 valence electrons. The number of carbonyl (C=O) groups is 1. The Bertz CT molecular complexity index is 1360. The maximum atomic E-state index is 13.5. The van der Waals surface area contributed by atoms with Gasteiger partial charge in [-0.3, -0.25) is 9.10 Å². The van der Waals surface area contributed by atoms with Crippen molar-refractivity contribution in [3.63, 3.8) is 0 Å². The first-order valence-electron chi connectivity index (χ1n) is 11.4. The highest BCUT2D eigenvalue weighted by Gasteiger charge is 2.29. The molecule has 1 amide bonds. The van der Waals surface area contributed by atoms with Gasteiger partial charge in [-0.2, -0.15) is 5.10 Å². The molecule has 0 fully saturated rings. The van der Waals surface area contributed by atoms with Gasteiger partial charge in [-0.05, 0) is 56.3 Å². The molecule has 0 spiro atoms. The molecule has 10 heteroatoms. The van der Waals surface area contributed by atoms with Crippen LogP contribution in [0.2, 0.25) is 0 Å². The summed E-state index contributed by atoms with van der Waals surface area (Å²) in [5.41, 5.74) is 3.97. The van der Waals surface area contributed by atoms with Gasteiger partial charge in [-0.25, -0.2) is 13.8 Å². The van der Waals surface area contributed by atoms with Crippen LogP contribution in [0.4, 0.5) is 5.69 Å². The van der Waals surface area contributed by atoms with Crippen molar-refractivity contribution in [1.29, 1.82) is 0 Å². The Labute approximate surface area is 210 Å². The van der Waals surface area contributed by atoms with Crippen LogP contribution in [0, 0.1) is 0 Å². The SMILES string of the molecule is CCOc1ccccc1N(CC(=O)N/N=C(\C)c1ccc2c(c1)OCCO2)S(=O)(=O)c1ccccc1. The molecule has 3 aromatic carbocycles. The third-order valence-electron chi connectivity index (χ3n) is 5.36. The van der Waals surface area contributed by atoms with E-state index in [1.165, 1.54) is 12.1 Å². The minimum absolute atomic E-state index is 0.0556. The molecule has 3 aromatic rings. The second-order valence-electron chi connectivity index (χ2n) is 7.82. The van der Waals surface area contributed by atoms with Crippen molar-refractivity contribution < 1.29 is 27.4 Å². The number of sulfonamides is 1. The van der Waals surface area contributed by atoms with Gasteiger partial charge in [0, 0.05) is 5.56 Å². The monoisotopic (exact) mass is 509 g/mol. The normalized spacial score (nSPS) is 13.1. The molecule has 0 saturated heterocycles. The lowest BCUT2D eigenvalue weighted by Crippen LogP contribution is -2.40. The number of nitrogens with zero attached hydrogens (tertiary/aromatic N) is 2. The minimum atomic E-state index is -4.08. The number of nitrogens with one attached hydrogen (secondary N) is 1. The lowest BCUT2D eigenvalue weighted by Gasteiger charge is -2.25. The number of fused-ring (bicyclic) bond motifs is 1. The molecule has 0 saturated carbocycles.